The molecule has 2 amide bonds. The third kappa shape index (κ3) is 4.08. The van der Waals surface area contributed by atoms with Gasteiger partial charge in [0.05, 0.1) is 5.41 Å². The summed E-state index contributed by atoms with van der Waals surface area (Å²) < 4.78 is 0. The fourth-order valence-electron chi connectivity index (χ4n) is 5.21. The number of carbonyl (C=O) groups is 2. The highest BCUT2D eigenvalue weighted by Crippen LogP contribution is 2.44. The van der Waals surface area contributed by atoms with Gasteiger partial charge < -0.3 is 15.1 Å². The number of amides is 2. The largest absolute Gasteiger partial charge is 0.355 e. The number of nitrogens with zero attached hydrogens (tertiary/aromatic N) is 4. The van der Waals surface area contributed by atoms with Crippen LogP contribution < -0.4 is 10.2 Å². The van der Waals surface area contributed by atoms with E-state index in [0.29, 0.717) is 43.6 Å². The monoisotopic (exact) mass is 433 g/mol. The summed E-state index contributed by atoms with van der Waals surface area (Å²) in [6.45, 7) is 5.33. The Bertz CT molecular complexity index is 976. The average molecular weight is 434 g/mol. The number of hydrogen-bond acceptors (Lipinski definition) is 5. The van der Waals surface area contributed by atoms with Crippen LogP contribution in [0.4, 0.5) is 5.95 Å². The Hall–Kier alpha value is -2.96. The van der Waals surface area contributed by atoms with Gasteiger partial charge in [-0.25, -0.2) is 9.97 Å². The van der Waals surface area contributed by atoms with E-state index in [2.05, 4.69) is 20.2 Å². The predicted molar refractivity (Wildman–Crippen MR) is 122 cm³/mol. The predicted octanol–water partition coefficient (Wildman–Crippen LogP) is 2.67. The normalized spacial score (nSPS) is 25.2. The summed E-state index contributed by atoms with van der Waals surface area (Å²) in [5, 5.41) is 3.25. The smallest absolute Gasteiger partial charge is 0.253 e. The third-order valence-corrected chi connectivity index (χ3v) is 7.31. The van der Waals surface area contributed by atoms with Crippen molar-refractivity contribution in [3.63, 3.8) is 0 Å². The number of nitrogens with one attached hydrogen (secondary N) is 1. The van der Waals surface area contributed by atoms with Crippen molar-refractivity contribution in [1.82, 2.24) is 20.2 Å². The number of aryl methyl sites for hydroxylation is 1. The van der Waals surface area contributed by atoms with Gasteiger partial charge in [-0.05, 0) is 56.7 Å². The molecule has 2 saturated heterocycles. The Morgan fingerprint density at radius 1 is 1.12 bits per heavy atom. The minimum absolute atomic E-state index is 0.0439. The molecular weight excluding hydrogens is 402 g/mol. The summed E-state index contributed by atoms with van der Waals surface area (Å²) in [4.78, 5) is 39.8. The zero-order chi connectivity index (χ0) is 22.1. The maximum absolute atomic E-state index is 13.6. The summed E-state index contributed by atoms with van der Waals surface area (Å²) >= 11 is 0. The molecule has 1 saturated carbocycles. The lowest BCUT2D eigenvalue weighted by Gasteiger charge is -2.32. The molecule has 3 heterocycles. The van der Waals surface area contributed by atoms with Gasteiger partial charge in [-0.15, -0.1) is 0 Å². The molecule has 1 N–H and O–H groups in total. The van der Waals surface area contributed by atoms with E-state index < -0.39 is 5.41 Å². The van der Waals surface area contributed by atoms with Gasteiger partial charge in [-0.3, -0.25) is 9.59 Å². The molecule has 2 atom stereocenters. The number of benzene rings is 1. The van der Waals surface area contributed by atoms with E-state index >= 15 is 0 Å². The van der Waals surface area contributed by atoms with Crippen LogP contribution in [0.2, 0.25) is 0 Å². The van der Waals surface area contributed by atoms with Gasteiger partial charge in [0, 0.05) is 56.6 Å². The first-order valence-electron chi connectivity index (χ1n) is 11.7. The Balaban J connectivity index is 1.40. The van der Waals surface area contributed by atoms with Gasteiger partial charge in [0.2, 0.25) is 11.9 Å². The number of aromatic nitrogens is 2. The van der Waals surface area contributed by atoms with Crippen molar-refractivity contribution < 1.29 is 9.59 Å². The third-order valence-electron chi connectivity index (χ3n) is 7.31. The van der Waals surface area contributed by atoms with Crippen LogP contribution >= 0.6 is 0 Å². The van der Waals surface area contributed by atoms with Crippen LogP contribution in [-0.2, 0) is 4.79 Å². The van der Waals surface area contributed by atoms with Crippen LogP contribution in [-0.4, -0.2) is 59.4 Å². The number of hydrogen-bond donors (Lipinski definition) is 1. The standard InChI is InChI=1S/C25H31N5O2/c1-18-4-8-20(9-5-18)22(31)29-13-2-10-25(23(32)28-14-19-6-7-19)17-30(16-21(25)15-29)24-26-11-3-12-27-24/h3-5,8-9,11-12,19,21H,2,6-7,10,13-17H2,1H3,(H,28,32)/t21-,25-/m1/s1. The van der Waals surface area contributed by atoms with Crippen LogP contribution in [0.5, 0.6) is 0 Å². The summed E-state index contributed by atoms with van der Waals surface area (Å²) in [7, 11) is 0. The molecule has 168 valence electrons. The van der Waals surface area contributed by atoms with Crippen molar-refractivity contribution >= 4 is 17.8 Å². The Morgan fingerprint density at radius 2 is 1.88 bits per heavy atom. The van der Waals surface area contributed by atoms with Crippen molar-refractivity contribution in [3.05, 3.63) is 53.9 Å². The molecule has 1 aromatic heterocycles. The molecule has 1 aliphatic carbocycles. The van der Waals surface area contributed by atoms with Crippen LogP contribution in [0.3, 0.4) is 0 Å². The molecule has 3 fully saturated rings. The van der Waals surface area contributed by atoms with E-state index in [0.717, 1.165) is 24.9 Å². The van der Waals surface area contributed by atoms with Crippen molar-refractivity contribution in [2.75, 3.05) is 37.6 Å². The second-order valence-corrected chi connectivity index (χ2v) is 9.66. The van der Waals surface area contributed by atoms with E-state index in [1.54, 1.807) is 18.5 Å². The highest BCUT2D eigenvalue weighted by molar-refractivity contribution is 5.94. The summed E-state index contributed by atoms with van der Waals surface area (Å²) in [5.41, 5.74) is 1.33. The zero-order valence-electron chi connectivity index (χ0n) is 18.7. The summed E-state index contributed by atoms with van der Waals surface area (Å²) in [6.07, 6.45) is 7.48. The van der Waals surface area contributed by atoms with Crippen molar-refractivity contribution in [1.29, 1.82) is 0 Å². The second-order valence-electron chi connectivity index (χ2n) is 9.66. The Morgan fingerprint density at radius 3 is 2.59 bits per heavy atom. The molecule has 5 rings (SSSR count). The van der Waals surface area contributed by atoms with Crippen LogP contribution in [0.25, 0.3) is 0 Å². The number of carbonyl (C=O) groups excluding carboxylic acids is 2. The van der Waals surface area contributed by atoms with Gasteiger partial charge in [-0.1, -0.05) is 17.7 Å². The van der Waals surface area contributed by atoms with Gasteiger partial charge in [-0.2, -0.15) is 0 Å². The fraction of sp³-hybridized carbons (Fsp3) is 0.520. The highest BCUT2D eigenvalue weighted by atomic mass is 16.2. The van der Waals surface area contributed by atoms with E-state index in [4.69, 9.17) is 0 Å². The topological polar surface area (TPSA) is 78.4 Å². The van der Waals surface area contributed by atoms with Gasteiger partial charge in [0.15, 0.2) is 0 Å². The Kier molecular flexibility index (Phi) is 5.57. The minimum atomic E-state index is -0.517. The van der Waals surface area contributed by atoms with Crippen molar-refractivity contribution in [3.8, 4) is 0 Å². The number of fused-ring (bicyclic) bond motifs is 1. The van der Waals surface area contributed by atoms with Gasteiger partial charge >= 0.3 is 0 Å². The molecule has 7 nitrogen and oxygen atoms in total. The van der Waals surface area contributed by atoms with E-state index in [-0.39, 0.29) is 17.7 Å². The van der Waals surface area contributed by atoms with Crippen LogP contribution in [0, 0.1) is 24.2 Å². The lowest BCUT2D eigenvalue weighted by atomic mass is 9.74. The highest BCUT2D eigenvalue weighted by Gasteiger charge is 2.54. The van der Waals surface area contributed by atoms with Crippen LogP contribution in [0.1, 0.15) is 41.6 Å². The van der Waals surface area contributed by atoms with E-state index in [1.165, 1.54) is 12.8 Å². The fourth-order valence-corrected chi connectivity index (χ4v) is 5.21. The first-order valence-corrected chi connectivity index (χ1v) is 11.7. The maximum Gasteiger partial charge on any atom is 0.253 e. The quantitative estimate of drug-likeness (QED) is 0.784. The van der Waals surface area contributed by atoms with Gasteiger partial charge in [0.25, 0.3) is 5.91 Å². The van der Waals surface area contributed by atoms with Gasteiger partial charge in [0.1, 0.15) is 0 Å². The average Bonchev–Trinajstić information content (AvgIpc) is 3.61. The zero-order valence-corrected chi connectivity index (χ0v) is 18.7. The van der Waals surface area contributed by atoms with Crippen molar-refractivity contribution in [2.45, 2.75) is 32.6 Å². The van der Waals surface area contributed by atoms with E-state index in [9.17, 15) is 9.59 Å². The molecule has 1 aromatic carbocycles. The lowest BCUT2D eigenvalue weighted by molar-refractivity contribution is -0.132. The molecule has 0 radical (unpaired) electrons. The molecule has 7 heteroatoms. The first kappa shape index (κ1) is 20.9. The molecule has 0 spiro atoms. The maximum atomic E-state index is 13.6. The molecule has 0 unspecified atom stereocenters. The molecule has 2 aromatic rings. The lowest BCUT2D eigenvalue weighted by Crippen LogP contribution is -2.48. The SMILES string of the molecule is Cc1ccc(C(=O)N2CCC[C@@]3(C(=O)NCC4CC4)CN(c4ncccn4)C[C@H]3C2)cc1. The number of anilines is 1. The van der Waals surface area contributed by atoms with Crippen LogP contribution in [0.15, 0.2) is 42.7 Å². The summed E-state index contributed by atoms with van der Waals surface area (Å²) in [5.74, 6) is 1.52. The summed E-state index contributed by atoms with van der Waals surface area (Å²) in [6, 6.07) is 9.56. The molecular formula is C25H31N5O2. The van der Waals surface area contributed by atoms with Crippen molar-refractivity contribution in [2.24, 2.45) is 17.3 Å². The Labute approximate surface area is 189 Å². The molecule has 3 aliphatic rings. The molecule has 2 aliphatic heterocycles. The molecule has 0 bridgehead atoms. The molecule has 32 heavy (non-hydrogen) atoms. The number of rotatable bonds is 5. The number of likely N-dealkylation sites (tertiary alicyclic amines) is 1. The first-order chi connectivity index (χ1) is 15.5. The second kappa shape index (κ2) is 8.52. The van der Waals surface area contributed by atoms with E-state index in [1.807, 2.05) is 36.1 Å². The minimum Gasteiger partial charge on any atom is -0.355 e.